The van der Waals surface area contributed by atoms with Crippen molar-refractivity contribution in [3.63, 3.8) is 0 Å². The van der Waals surface area contributed by atoms with Crippen LogP contribution in [0.1, 0.15) is 44.9 Å². The number of amides is 2. The fourth-order valence-corrected chi connectivity index (χ4v) is 5.32. The van der Waals surface area contributed by atoms with Gasteiger partial charge in [0, 0.05) is 36.4 Å². The molecule has 0 spiro atoms. The van der Waals surface area contributed by atoms with Crippen molar-refractivity contribution in [3.8, 4) is 11.1 Å². The molecule has 0 saturated carbocycles. The third-order valence-electron chi connectivity index (χ3n) is 5.06. The molecule has 0 aliphatic carbocycles. The highest BCUT2D eigenvalue weighted by molar-refractivity contribution is 14.1. The van der Waals surface area contributed by atoms with Crippen LogP contribution >= 0.6 is 33.9 Å². The Bertz CT molecular complexity index is 1410. The fraction of sp³-hybridized carbons (Fsp3) is 0.250. The lowest BCUT2D eigenvalue weighted by Gasteiger charge is -2.10. The minimum atomic E-state index is -2.83. The van der Waals surface area contributed by atoms with Crippen LogP contribution in [0.2, 0.25) is 0 Å². The van der Waals surface area contributed by atoms with Crippen molar-refractivity contribution < 1.29 is 18.4 Å². The number of halogens is 3. The Morgan fingerprint density at radius 3 is 2.61 bits per heavy atom. The second-order valence-corrected chi connectivity index (χ2v) is 9.32. The maximum absolute atomic E-state index is 13.7. The first-order valence-electron chi connectivity index (χ1n) is 9.71. The predicted octanol–water partition coefficient (Wildman–Crippen LogP) is 4.12. The molecule has 0 aromatic carbocycles. The normalized spacial score (nSPS) is 11.5. The topological polar surface area (TPSA) is 121 Å². The Balaban J connectivity index is 1.99. The molecule has 3 N–H and O–H groups in total. The SMILES string of the molecule is CCn1ncc(-c2cc(C(F)F)nc3sc(C(N)=O)c(NC(=O)c4nn(C)cc4I)c23)c1C. The van der Waals surface area contributed by atoms with Crippen LogP contribution < -0.4 is 11.1 Å². The number of carbonyl (C=O) groups excluding carboxylic acids is 2. The number of fused-ring (bicyclic) bond motifs is 1. The zero-order valence-corrected chi connectivity index (χ0v) is 20.7. The summed E-state index contributed by atoms with van der Waals surface area (Å²) in [6.07, 6.45) is 0.403. The number of anilines is 1. The van der Waals surface area contributed by atoms with E-state index in [1.807, 2.05) is 36.4 Å². The van der Waals surface area contributed by atoms with Gasteiger partial charge in [0.15, 0.2) is 5.69 Å². The van der Waals surface area contributed by atoms with Gasteiger partial charge in [-0.1, -0.05) is 0 Å². The monoisotopic (exact) mass is 585 g/mol. The number of thiophene rings is 1. The van der Waals surface area contributed by atoms with Gasteiger partial charge in [-0.3, -0.25) is 19.0 Å². The van der Waals surface area contributed by atoms with Gasteiger partial charge in [0.2, 0.25) is 0 Å². The Hall–Kier alpha value is -2.94. The van der Waals surface area contributed by atoms with Gasteiger partial charge in [-0.2, -0.15) is 10.2 Å². The van der Waals surface area contributed by atoms with E-state index in [1.54, 1.807) is 24.1 Å². The summed E-state index contributed by atoms with van der Waals surface area (Å²) in [5.41, 5.74) is 7.10. The van der Waals surface area contributed by atoms with Gasteiger partial charge in [0.05, 0.1) is 15.5 Å². The molecule has 0 radical (unpaired) electrons. The number of nitrogens with two attached hydrogens (primary N) is 1. The van der Waals surface area contributed by atoms with E-state index in [0.29, 0.717) is 26.6 Å². The van der Waals surface area contributed by atoms with Crippen LogP contribution in [-0.4, -0.2) is 36.4 Å². The fourth-order valence-electron chi connectivity index (χ4n) is 3.55. The number of aryl methyl sites for hydroxylation is 2. The average molecular weight is 585 g/mol. The largest absolute Gasteiger partial charge is 0.365 e. The summed E-state index contributed by atoms with van der Waals surface area (Å²) in [6.45, 7) is 4.31. The van der Waals surface area contributed by atoms with Gasteiger partial charge in [-0.25, -0.2) is 13.8 Å². The van der Waals surface area contributed by atoms with Crippen molar-refractivity contribution >= 4 is 61.6 Å². The van der Waals surface area contributed by atoms with Crippen LogP contribution in [0.5, 0.6) is 0 Å². The van der Waals surface area contributed by atoms with Crippen LogP contribution in [-0.2, 0) is 13.6 Å². The van der Waals surface area contributed by atoms with Crippen molar-refractivity contribution in [2.75, 3.05) is 5.32 Å². The van der Waals surface area contributed by atoms with Crippen molar-refractivity contribution in [1.82, 2.24) is 24.5 Å². The number of nitrogens with one attached hydrogen (secondary N) is 1. The Kier molecular flexibility index (Phi) is 6.18. The predicted molar refractivity (Wildman–Crippen MR) is 129 cm³/mol. The van der Waals surface area contributed by atoms with E-state index in [4.69, 9.17) is 5.73 Å². The Labute approximate surface area is 204 Å². The lowest BCUT2D eigenvalue weighted by molar-refractivity contribution is 0.100. The second kappa shape index (κ2) is 8.78. The zero-order valence-electron chi connectivity index (χ0n) is 17.7. The molecule has 4 aromatic rings. The lowest BCUT2D eigenvalue weighted by Crippen LogP contribution is -2.18. The molecule has 13 heteroatoms. The van der Waals surface area contributed by atoms with E-state index in [0.717, 1.165) is 17.0 Å². The summed E-state index contributed by atoms with van der Waals surface area (Å²) >= 11 is 2.83. The first-order valence-corrected chi connectivity index (χ1v) is 11.6. The van der Waals surface area contributed by atoms with E-state index in [-0.39, 0.29) is 21.1 Å². The minimum absolute atomic E-state index is 0.00462. The van der Waals surface area contributed by atoms with Gasteiger partial charge in [0.1, 0.15) is 15.4 Å². The highest BCUT2D eigenvalue weighted by atomic mass is 127. The summed E-state index contributed by atoms with van der Waals surface area (Å²) in [6, 6.07) is 1.26. The van der Waals surface area contributed by atoms with Crippen LogP contribution in [0, 0.1) is 10.5 Å². The molecule has 0 fully saturated rings. The summed E-state index contributed by atoms with van der Waals surface area (Å²) < 4.78 is 31.1. The van der Waals surface area contributed by atoms with Crippen LogP contribution in [0.3, 0.4) is 0 Å². The average Bonchev–Trinajstić information content (AvgIpc) is 3.41. The molecule has 0 saturated heterocycles. The molecule has 4 heterocycles. The molecule has 172 valence electrons. The molecular formula is C20H18F2IN7O2S. The van der Waals surface area contributed by atoms with Crippen LogP contribution in [0.25, 0.3) is 21.3 Å². The number of pyridine rings is 1. The summed E-state index contributed by atoms with van der Waals surface area (Å²) in [7, 11) is 1.68. The standard InChI is InChI=1S/C20H18F2IN7O2S/c1-4-30-8(2)10(6-25-30)9-5-12(17(21)22)26-20-13(9)15(16(33-20)18(24)31)27-19(32)14-11(23)7-29(3)28-14/h5-7,17H,4H2,1-3H3,(H2,24,31)(H,27,32). The number of carbonyl (C=O) groups is 2. The van der Waals surface area contributed by atoms with E-state index < -0.39 is 23.9 Å². The van der Waals surface area contributed by atoms with E-state index in [1.165, 1.54) is 10.7 Å². The number of rotatable bonds is 6. The van der Waals surface area contributed by atoms with Gasteiger partial charge >= 0.3 is 0 Å². The molecule has 0 atom stereocenters. The number of primary amides is 1. The Morgan fingerprint density at radius 1 is 1.33 bits per heavy atom. The number of nitrogens with zero attached hydrogens (tertiary/aromatic N) is 5. The lowest BCUT2D eigenvalue weighted by atomic mass is 10.0. The second-order valence-electron chi connectivity index (χ2n) is 7.16. The molecule has 4 aromatic heterocycles. The maximum Gasteiger partial charge on any atom is 0.280 e. The number of hydrogen-bond acceptors (Lipinski definition) is 6. The number of alkyl halides is 2. The maximum atomic E-state index is 13.7. The van der Waals surface area contributed by atoms with Gasteiger partial charge in [0.25, 0.3) is 18.2 Å². The van der Waals surface area contributed by atoms with Gasteiger partial charge < -0.3 is 11.1 Å². The molecule has 0 bridgehead atoms. The third kappa shape index (κ3) is 4.10. The number of aromatic nitrogens is 5. The zero-order chi connectivity index (χ0) is 24.0. The smallest absolute Gasteiger partial charge is 0.280 e. The minimum Gasteiger partial charge on any atom is -0.365 e. The van der Waals surface area contributed by atoms with E-state index >= 15 is 0 Å². The molecular weight excluding hydrogens is 567 g/mol. The molecule has 9 nitrogen and oxygen atoms in total. The molecule has 0 aliphatic heterocycles. The molecule has 4 rings (SSSR count). The van der Waals surface area contributed by atoms with Crippen molar-refractivity contribution in [1.29, 1.82) is 0 Å². The van der Waals surface area contributed by atoms with E-state index in [2.05, 4.69) is 20.5 Å². The molecule has 0 unspecified atom stereocenters. The van der Waals surface area contributed by atoms with Gasteiger partial charge in [-0.05, 0) is 48.1 Å². The molecule has 2 amide bonds. The summed E-state index contributed by atoms with van der Waals surface area (Å²) in [4.78, 5) is 29.4. The Morgan fingerprint density at radius 2 is 2.06 bits per heavy atom. The van der Waals surface area contributed by atoms with Gasteiger partial charge in [-0.15, -0.1) is 11.3 Å². The van der Waals surface area contributed by atoms with E-state index in [9.17, 15) is 18.4 Å². The molecule has 0 aliphatic rings. The quantitative estimate of drug-likeness (QED) is 0.330. The summed E-state index contributed by atoms with van der Waals surface area (Å²) in [5, 5.41) is 11.5. The highest BCUT2D eigenvalue weighted by Crippen LogP contribution is 2.43. The first kappa shape index (κ1) is 23.2. The van der Waals surface area contributed by atoms with Crippen molar-refractivity contribution in [3.05, 3.63) is 44.0 Å². The summed E-state index contributed by atoms with van der Waals surface area (Å²) in [5.74, 6) is -1.37. The van der Waals surface area contributed by atoms with Crippen LogP contribution in [0.4, 0.5) is 14.5 Å². The highest BCUT2D eigenvalue weighted by Gasteiger charge is 2.27. The van der Waals surface area contributed by atoms with Crippen molar-refractivity contribution in [2.24, 2.45) is 12.8 Å². The number of hydrogen-bond donors (Lipinski definition) is 2. The van der Waals surface area contributed by atoms with Crippen LogP contribution in [0.15, 0.2) is 18.5 Å². The first-order chi connectivity index (χ1) is 15.6. The molecule has 33 heavy (non-hydrogen) atoms. The third-order valence-corrected chi connectivity index (χ3v) is 6.95. The van der Waals surface area contributed by atoms with Crippen molar-refractivity contribution in [2.45, 2.75) is 26.8 Å².